The number of nitrogens with two attached hydrogens (primary N) is 3. The Morgan fingerprint density at radius 2 is 1.31 bits per heavy atom. The van der Waals surface area contributed by atoms with Gasteiger partial charge in [-0.2, -0.15) is 5.23 Å². The van der Waals surface area contributed by atoms with Gasteiger partial charge in [0.05, 0.1) is 20.6 Å². The highest BCUT2D eigenvalue weighted by molar-refractivity contribution is 14.1. The number of benzene rings is 2. The van der Waals surface area contributed by atoms with E-state index in [0.717, 1.165) is 0 Å². The average Bonchev–Trinajstić information content (AvgIpc) is 2.52. The molecule has 0 saturated heterocycles. The van der Waals surface area contributed by atoms with Crippen LogP contribution in [0.15, 0.2) is 24.3 Å². The lowest BCUT2D eigenvalue weighted by atomic mass is 10.1. The molecule has 2 rings (SSSR count). The summed E-state index contributed by atoms with van der Waals surface area (Å²) in [5.74, 6) is 0.811. The third-order valence-corrected chi connectivity index (χ3v) is 4.52. The predicted molar refractivity (Wildman–Crippen MR) is 127 cm³/mol. The first-order valence-electron chi connectivity index (χ1n) is 9.14. The van der Waals surface area contributed by atoms with Crippen LogP contribution in [0.5, 0.6) is 11.5 Å². The van der Waals surface area contributed by atoms with Crippen LogP contribution in [0, 0.1) is 8.78 Å². The minimum atomic E-state index is -0.627. The van der Waals surface area contributed by atoms with Crippen LogP contribution in [0.2, 0.25) is 0 Å². The van der Waals surface area contributed by atoms with E-state index in [0.29, 0.717) is 43.5 Å². The third kappa shape index (κ3) is 6.18. The Kier molecular flexibility index (Phi) is 6.65. The average molecular weight is 515 g/mol. The standard InChI is InChI=1S/C20H30IN5O3/c1-19(2,3)26(27)29-17-13(21)7-11(8-14(17)22)25-12-9-15(23)18(16(24)10-12)28-20(4,5)6/h7-10,25-26H,22-24H2,1-6H3. The number of hydrogen-bond acceptors (Lipinski definition) is 7. The van der Waals surface area contributed by atoms with Crippen LogP contribution in [0.4, 0.5) is 28.4 Å². The van der Waals surface area contributed by atoms with Gasteiger partial charge in [-0.3, -0.25) is 0 Å². The molecule has 0 aliphatic rings. The summed E-state index contributed by atoms with van der Waals surface area (Å²) in [5, 5.41) is 15.1. The summed E-state index contributed by atoms with van der Waals surface area (Å²) in [5.41, 5.74) is 20.0. The molecule has 9 heteroatoms. The van der Waals surface area contributed by atoms with Gasteiger partial charge in [0, 0.05) is 11.4 Å². The van der Waals surface area contributed by atoms with E-state index in [1.165, 1.54) is 0 Å². The van der Waals surface area contributed by atoms with E-state index < -0.39 is 11.1 Å². The molecule has 0 aliphatic heterocycles. The summed E-state index contributed by atoms with van der Waals surface area (Å²) in [4.78, 5) is 5.49. The fraction of sp³-hybridized carbons (Fsp3) is 0.400. The Bertz CT molecular complexity index is 845. The van der Waals surface area contributed by atoms with Crippen LogP contribution in [-0.2, 0) is 0 Å². The second kappa shape index (κ2) is 8.33. The van der Waals surface area contributed by atoms with Crippen molar-refractivity contribution in [3.63, 3.8) is 0 Å². The molecule has 0 amide bonds. The molecule has 0 aliphatic carbocycles. The molecule has 0 fully saturated rings. The summed E-state index contributed by atoms with van der Waals surface area (Å²) >= 11 is 2.08. The van der Waals surface area contributed by atoms with Crippen LogP contribution in [0.1, 0.15) is 41.5 Å². The number of anilines is 5. The molecule has 29 heavy (non-hydrogen) atoms. The quantitative estimate of drug-likeness (QED) is 0.234. The summed E-state index contributed by atoms with van der Waals surface area (Å²) in [7, 11) is 0. The van der Waals surface area contributed by atoms with Gasteiger partial charge in [-0.15, -0.1) is 0 Å². The molecule has 0 saturated carbocycles. The van der Waals surface area contributed by atoms with Gasteiger partial charge in [-0.1, -0.05) is 0 Å². The number of nitrogen functional groups attached to an aromatic ring is 3. The molecule has 0 radical (unpaired) electrons. The second-order valence-electron chi connectivity index (χ2n) is 8.84. The molecule has 0 aromatic heterocycles. The van der Waals surface area contributed by atoms with E-state index in [-0.39, 0.29) is 5.23 Å². The van der Waals surface area contributed by atoms with E-state index in [2.05, 4.69) is 27.9 Å². The zero-order chi connectivity index (χ0) is 22.1. The van der Waals surface area contributed by atoms with Gasteiger partial charge in [0.15, 0.2) is 5.75 Å². The van der Waals surface area contributed by atoms with Crippen molar-refractivity contribution in [2.45, 2.75) is 52.7 Å². The van der Waals surface area contributed by atoms with Crippen LogP contribution in [0.25, 0.3) is 0 Å². The zero-order valence-electron chi connectivity index (χ0n) is 17.6. The van der Waals surface area contributed by atoms with Crippen LogP contribution >= 0.6 is 22.6 Å². The van der Waals surface area contributed by atoms with Gasteiger partial charge in [0.25, 0.3) is 0 Å². The minimum absolute atomic E-state index is 0.349. The fourth-order valence-corrected chi connectivity index (χ4v) is 3.13. The zero-order valence-corrected chi connectivity index (χ0v) is 19.8. The maximum atomic E-state index is 12.2. The van der Waals surface area contributed by atoms with Crippen molar-refractivity contribution in [1.29, 1.82) is 0 Å². The van der Waals surface area contributed by atoms with Crippen LogP contribution in [-0.4, -0.2) is 11.1 Å². The van der Waals surface area contributed by atoms with Gasteiger partial charge >= 0.3 is 0 Å². The summed E-state index contributed by atoms with van der Waals surface area (Å²) in [6.07, 6.45) is 0. The number of hydrogen-bond donors (Lipinski definition) is 5. The SMILES string of the molecule is CC(C)(C)Oc1c(N)cc(Nc2cc(N)c(O[NH+]([O-])C(C)(C)C)c(I)c2)cc1N. The highest BCUT2D eigenvalue weighted by Crippen LogP contribution is 2.37. The predicted octanol–water partition coefficient (Wildman–Crippen LogP) is 3.43. The molecule has 0 heterocycles. The summed E-state index contributed by atoms with van der Waals surface area (Å²) in [6, 6.07) is 7.01. The molecule has 0 spiro atoms. The monoisotopic (exact) mass is 515 g/mol. The molecule has 0 bridgehead atoms. The lowest BCUT2D eigenvalue weighted by Gasteiger charge is -2.32. The minimum Gasteiger partial charge on any atom is -0.590 e. The number of quaternary nitrogens is 1. The molecular formula is C20H30IN5O3. The van der Waals surface area contributed by atoms with Gasteiger partial charge in [0.2, 0.25) is 5.75 Å². The number of ether oxygens (including phenoxy) is 1. The summed E-state index contributed by atoms with van der Waals surface area (Å²) in [6.45, 7) is 11.1. The number of hydroxylamine groups is 2. The van der Waals surface area contributed by atoms with Gasteiger partial charge in [-0.05, 0) is 88.4 Å². The Morgan fingerprint density at radius 3 is 1.72 bits per heavy atom. The lowest BCUT2D eigenvalue weighted by Crippen LogP contribution is -3.16. The highest BCUT2D eigenvalue weighted by atomic mass is 127. The van der Waals surface area contributed by atoms with E-state index in [1.54, 1.807) is 39.0 Å². The third-order valence-electron chi connectivity index (χ3n) is 3.72. The van der Waals surface area contributed by atoms with Crippen molar-refractivity contribution in [3.8, 4) is 11.5 Å². The van der Waals surface area contributed by atoms with Crippen molar-refractivity contribution >= 4 is 51.0 Å². The van der Waals surface area contributed by atoms with E-state index in [9.17, 15) is 5.21 Å². The topological polar surface area (TPSA) is 136 Å². The van der Waals surface area contributed by atoms with Crippen molar-refractivity contribution in [2.24, 2.45) is 0 Å². The van der Waals surface area contributed by atoms with E-state index in [1.807, 2.05) is 26.8 Å². The molecule has 1 unspecified atom stereocenters. The summed E-state index contributed by atoms with van der Waals surface area (Å²) < 4.78 is 6.54. The molecular weight excluding hydrogens is 485 g/mol. The molecule has 160 valence electrons. The second-order valence-corrected chi connectivity index (χ2v) is 10.0. The van der Waals surface area contributed by atoms with E-state index in [4.69, 9.17) is 26.8 Å². The van der Waals surface area contributed by atoms with Gasteiger partial charge in [0.1, 0.15) is 11.1 Å². The number of nitrogens with one attached hydrogen (secondary N) is 2. The first kappa shape index (κ1) is 23.2. The Hall–Kier alpha value is -2.11. The maximum Gasteiger partial charge on any atom is 0.226 e. The molecule has 1 atom stereocenters. The Morgan fingerprint density at radius 1 is 0.862 bits per heavy atom. The largest absolute Gasteiger partial charge is 0.590 e. The van der Waals surface area contributed by atoms with Crippen LogP contribution in [0.3, 0.4) is 0 Å². The lowest BCUT2D eigenvalue weighted by molar-refractivity contribution is -1.06. The Balaban J connectivity index is 2.27. The van der Waals surface area contributed by atoms with Crippen LogP contribution < -0.4 is 37.3 Å². The normalized spacial score (nSPS) is 13.1. The van der Waals surface area contributed by atoms with Gasteiger partial charge in [-0.25, -0.2) is 0 Å². The van der Waals surface area contributed by atoms with E-state index >= 15 is 0 Å². The molecule has 8 N–H and O–H groups in total. The number of halogens is 1. The number of rotatable bonds is 5. The van der Waals surface area contributed by atoms with Crippen molar-refractivity contribution in [2.75, 3.05) is 22.5 Å². The smallest absolute Gasteiger partial charge is 0.226 e. The fourth-order valence-electron chi connectivity index (χ4n) is 2.38. The van der Waals surface area contributed by atoms with Gasteiger partial charge < -0.3 is 37.3 Å². The molecule has 2 aromatic carbocycles. The van der Waals surface area contributed by atoms with Crippen molar-refractivity contribution < 1.29 is 14.8 Å². The molecule has 2 aromatic rings. The van der Waals surface area contributed by atoms with Crippen molar-refractivity contribution in [1.82, 2.24) is 0 Å². The Labute approximate surface area is 185 Å². The maximum absolute atomic E-state index is 12.2. The highest BCUT2D eigenvalue weighted by Gasteiger charge is 2.23. The van der Waals surface area contributed by atoms with Crippen molar-refractivity contribution in [3.05, 3.63) is 33.0 Å². The first-order valence-corrected chi connectivity index (χ1v) is 10.2. The molecule has 8 nitrogen and oxygen atoms in total. The first-order chi connectivity index (χ1) is 13.2.